The number of alkyl halides is 6. The van der Waals surface area contributed by atoms with E-state index in [1.165, 1.54) is 25.1 Å². The van der Waals surface area contributed by atoms with Crippen molar-refractivity contribution in [2.24, 2.45) is 0 Å². The lowest BCUT2D eigenvalue weighted by atomic mass is 10.0. The first kappa shape index (κ1) is 20.9. The Morgan fingerprint density at radius 1 is 1.21 bits per heavy atom. The molecule has 0 aliphatic heterocycles. The van der Waals surface area contributed by atoms with Gasteiger partial charge in [0.05, 0.1) is 5.56 Å². The second-order valence-electron chi connectivity index (χ2n) is 5.32. The molecular formula is C17H10F6N2O3. The Kier molecular flexibility index (Phi) is 5.72. The third-order valence-electron chi connectivity index (χ3n) is 3.17. The van der Waals surface area contributed by atoms with Crippen molar-refractivity contribution >= 4 is 11.5 Å². The fourth-order valence-electron chi connectivity index (χ4n) is 2.13. The van der Waals surface area contributed by atoms with E-state index < -0.39 is 41.0 Å². The number of hydrogen-bond acceptors (Lipinski definition) is 5. The monoisotopic (exact) mass is 404 g/mol. The molecule has 1 aromatic carbocycles. The van der Waals surface area contributed by atoms with Crippen molar-refractivity contribution in [2.75, 3.05) is 5.32 Å². The van der Waals surface area contributed by atoms with Crippen LogP contribution in [0.1, 0.15) is 21.9 Å². The lowest BCUT2D eigenvalue weighted by Gasteiger charge is -2.10. The Morgan fingerprint density at radius 2 is 1.89 bits per heavy atom. The Bertz CT molecular complexity index is 951. The van der Waals surface area contributed by atoms with Crippen LogP contribution in [0.3, 0.4) is 0 Å². The number of aryl methyl sites for hydroxylation is 1. The van der Waals surface area contributed by atoms with E-state index in [4.69, 9.17) is 5.26 Å². The van der Waals surface area contributed by atoms with Crippen LogP contribution in [-0.2, 0) is 6.18 Å². The molecule has 0 aliphatic carbocycles. The van der Waals surface area contributed by atoms with Gasteiger partial charge in [-0.15, -0.1) is 13.2 Å². The zero-order valence-electron chi connectivity index (χ0n) is 13.9. The summed E-state index contributed by atoms with van der Waals surface area (Å²) in [5.41, 5.74) is -1.57. The first-order valence-electron chi connectivity index (χ1n) is 7.35. The smallest absolute Gasteiger partial charge is 0.456 e. The number of hydrogen-bond donors (Lipinski definition) is 1. The first-order valence-corrected chi connectivity index (χ1v) is 7.35. The average Bonchev–Trinajstić information content (AvgIpc) is 2.96. The number of rotatable bonds is 5. The van der Waals surface area contributed by atoms with Crippen LogP contribution in [0.2, 0.25) is 0 Å². The molecule has 11 heteroatoms. The van der Waals surface area contributed by atoms with Crippen LogP contribution in [0.5, 0.6) is 5.75 Å². The van der Waals surface area contributed by atoms with Crippen molar-refractivity contribution in [1.82, 2.24) is 0 Å². The third kappa shape index (κ3) is 5.29. The van der Waals surface area contributed by atoms with E-state index in [2.05, 4.69) is 14.5 Å². The number of nitriles is 1. The second-order valence-corrected chi connectivity index (χ2v) is 5.32. The van der Waals surface area contributed by atoms with E-state index in [1.54, 1.807) is 0 Å². The van der Waals surface area contributed by atoms with E-state index in [0.717, 1.165) is 24.4 Å². The fraction of sp³-hybridized carbons (Fsp3) is 0.176. The van der Waals surface area contributed by atoms with E-state index >= 15 is 0 Å². The van der Waals surface area contributed by atoms with Crippen LogP contribution in [0.4, 0.5) is 32.0 Å². The maximum Gasteiger partial charge on any atom is 0.573 e. The molecule has 0 atom stereocenters. The molecule has 2 rings (SSSR count). The van der Waals surface area contributed by atoms with Gasteiger partial charge >= 0.3 is 12.5 Å². The van der Waals surface area contributed by atoms with Gasteiger partial charge in [-0.05, 0) is 25.1 Å². The number of furan rings is 1. The van der Waals surface area contributed by atoms with Gasteiger partial charge in [0.25, 0.3) is 0 Å². The Morgan fingerprint density at radius 3 is 2.46 bits per heavy atom. The molecule has 0 saturated carbocycles. The number of anilines is 1. The molecule has 0 aliphatic rings. The summed E-state index contributed by atoms with van der Waals surface area (Å²) in [6.07, 6.45) is -9.09. The van der Waals surface area contributed by atoms with Crippen LogP contribution in [-0.4, -0.2) is 12.1 Å². The number of halogens is 6. The maximum absolute atomic E-state index is 13.0. The van der Waals surface area contributed by atoms with Crippen molar-refractivity contribution < 1.29 is 40.3 Å². The maximum atomic E-state index is 13.0. The number of carbonyl (C=O) groups excluding carboxylic acids is 1. The summed E-state index contributed by atoms with van der Waals surface area (Å²) in [6.45, 7) is 1.20. The second kappa shape index (κ2) is 7.67. The normalized spacial score (nSPS) is 12.4. The minimum atomic E-state index is -4.95. The Labute approximate surface area is 153 Å². The van der Waals surface area contributed by atoms with Gasteiger partial charge in [-0.3, -0.25) is 4.79 Å². The summed E-state index contributed by atoms with van der Waals surface area (Å²) in [4.78, 5) is 12.3. The lowest BCUT2D eigenvalue weighted by molar-refractivity contribution is -0.274. The average molecular weight is 404 g/mol. The predicted octanol–water partition coefficient (Wildman–Crippen LogP) is 5.21. The summed E-state index contributed by atoms with van der Waals surface area (Å²) in [5.74, 6) is -3.56. The van der Waals surface area contributed by atoms with E-state index in [0.29, 0.717) is 0 Å². The van der Waals surface area contributed by atoms with E-state index in [9.17, 15) is 31.1 Å². The quantitative estimate of drug-likeness (QED) is 0.321. The summed E-state index contributed by atoms with van der Waals surface area (Å²) in [6, 6.07) is 6.72. The number of nitrogens with one attached hydrogen (secondary N) is 1. The van der Waals surface area contributed by atoms with Gasteiger partial charge in [-0.1, -0.05) is 6.07 Å². The SMILES string of the molecule is Cc1cc(C(=O)/C(C#N)=C/Nc2cccc(OC(F)(F)F)c2)c(C(F)(F)F)o1. The van der Waals surface area contributed by atoms with Crippen molar-refractivity contribution in [3.8, 4) is 11.8 Å². The van der Waals surface area contributed by atoms with Gasteiger partial charge in [0.2, 0.25) is 11.5 Å². The summed E-state index contributed by atoms with van der Waals surface area (Å²) in [7, 11) is 0. The van der Waals surface area contributed by atoms with E-state index in [-0.39, 0.29) is 11.4 Å². The highest BCUT2D eigenvalue weighted by molar-refractivity contribution is 6.12. The zero-order valence-corrected chi connectivity index (χ0v) is 13.9. The van der Waals surface area contributed by atoms with Gasteiger partial charge in [0.15, 0.2) is 0 Å². The Hall–Kier alpha value is -3.42. The molecule has 1 heterocycles. The van der Waals surface area contributed by atoms with Crippen molar-refractivity contribution in [2.45, 2.75) is 19.5 Å². The van der Waals surface area contributed by atoms with Crippen molar-refractivity contribution in [3.05, 3.63) is 59.2 Å². The van der Waals surface area contributed by atoms with Gasteiger partial charge in [-0.2, -0.15) is 18.4 Å². The molecule has 1 N–H and O–H groups in total. The van der Waals surface area contributed by atoms with Crippen LogP contribution >= 0.6 is 0 Å². The number of carbonyl (C=O) groups is 1. The molecule has 0 bridgehead atoms. The van der Waals surface area contributed by atoms with Crippen LogP contribution in [0.15, 0.2) is 46.5 Å². The van der Waals surface area contributed by atoms with Crippen molar-refractivity contribution in [3.63, 3.8) is 0 Å². The molecule has 0 spiro atoms. The molecule has 1 aromatic heterocycles. The molecular weight excluding hydrogens is 394 g/mol. The first-order chi connectivity index (χ1) is 12.9. The molecule has 0 radical (unpaired) electrons. The van der Waals surface area contributed by atoms with Gasteiger partial charge < -0.3 is 14.5 Å². The van der Waals surface area contributed by atoms with E-state index in [1.807, 2.05) is 0 Å². The highest BCUT2D eigenvalue weighted by atomic mass is 19.4. The largest absolute Gasteiger partial charge is 0.573 e. The van der Waals surface area contributed by atoms with Gasteiger partial charge in [0, 0.05) is 18.0 Å². The van der Waals surface area contributed by atoms with Gasteiger partial charge in [0.1, 0.15) is 23.2 Å². The molecule has 28 heavy (non-hydrogen) atoms. The lowest BCUT2D eigenvalue weighted by Crippen LogP contribution is -2.17. The number of ketones is 1. The topological polar surface area (TPSA) is 75.3 Å². The molecule has 2 aromatic rings. The number of Topliss-reactive ketones (excluding diaryl/α,β-unsaturated/α-hetero) is 1. The van der Waals surface area contributed by atoms with Crippen molar-refractivity contribution in [1.29, 1.82) is 5.26 Å². The number of benzene rings is 1. The molecule has 5 nitrogen and oxygen atoms in total. The molecule has 148 valence electrons. The predicted molar refractivity (Wildman–Crippen MR) is 83.2 cm³/mol. The molecule has 0 fully saturated rings. The van der Waals surface area contributed by atoms with Crippen LogP contribution in [0.25, 0.3) is 0 Å². The highest BCUT2D eigenvalue weighted by Crippen LogP contribution is 2.35. The summed E-state index contributed by atoms with van der Waals surface area (Å²) >= 11 is 0. The summed E-state index contributed by atoms with van der Waals surface area (Å²) in [5, 5.41) is 11.5. The van der Waals surface area contributed by atoms with Gasteiger partial charge in [-0.25, -0.2) is 0 Å². The third-order valence-corrected chi connectivity index (χ3v) is 3.17. The highest BCUT2D eigenvalue weighted by Gasteiger charge is 2.40. The number of nitrogens with zero attached hydrogens (tertiary/aromatic N) is 1. The minimum absolute atomic E-state index is 0.00159. The molecule has 0 amide bonds. The zero-order chi connectivity index (χ0) is 21.1. The Balaban J connectivity index is 2.27. The van der Waals surface area contributed by atoms with Crippen LogP contribution in [0, 0.1) is 18.3 Å². The fourth-order valence-corrected chi connectivity index (χ4v) is 2.13. The number of ether oxygens (including phenoxy) is 1. The number of allylic oxidation sites excluding steroid dienone is 1. The van der Waals surface area contributed by atoms with Crippen LogP contribution < -0.4 is 10.1 Å². The minimum Gasteiger partial charge on any atom is -0.456 e. The summed E-state index contributed by atoms with van der Waals surface area (Å²) < 4.78 is 83.7. The molecule has 0 saturated heterocycles. The molecule has 0 unspecified atom stereocenters. The standard InChI is InChI=1S/C17H10F6N2O3/c1-9-5-13(15(27-9)16(18,19)20)14(26)10(7-24)8-25-11-3-2-4-12(6-11)28-17(21,22)23/h2-6,8,25H,1H3/b10-8+.